The molecular weight excluding hydrogens is 136 g/mol. The lowest BCUT2D eigenvalue weighted by Gasteiger charge is -1.93. The lowest BCUT2D eigenvalue weighted by atomic mass is 10.4. The average Bonchev–Trinajstić information content (AvgIpc) is 1.88. The molecule has 1 N–H and O–H groups in total. The molecule has 1 rings (SSSR count). The van der Waals surface area contributed by atoms with Crippen molar-refractivity contribution in [3.05, 3.63) is 29.2 Å². The van der Waals surface area contributed by atoms with Crippen LogP contribution in [0.4, 0.5) is 0 Å². The molecule has 0 spiro atoms. The van der Waals surface area contributed by atoms with Crippen LogP contribution in [-0.2, 0) is 0 Å². The van der Waals surface area contributed by atoms with E-state index >= 15 is 0 Å². The van der Waals surface area contributed by atoms with Crippen molar-refractivity contribution in [2.75, 3.05) is 0 Å². The number of aromatic carboxylic acids is 1. The van der Waals surface area contributed by atoms with Crippen LogP contribution in [-0.4, -0.2) is 16.2 Å². The molecule has 0 saturated carbocycles. The zero-order chi connectivity index (χ0) is 7.56. The lowest BCUT2D eigenvalue weighted by Crippen LogP contribution is -2.37. The highest BCUT2D eigenvalue weighted by Crippen LogP contribution is 1.86. The molecule has 0 bridgehead atoms. The number of nitrogens with zero attached hydrogens (tertiary/aromatic N) is 2. The minimum atomic E-state index is -1.27. The Kier molecular flexibility index (Phi) is 1.49. The predicted molar refractivity (Wildman–Crippen MR) is 30.2 cm³/mol. The van der Waals surface area contributed by atoms with Gasteiger partial charge in [-0.1, -0.05) is 0 Å². The zero-order valence-electron chi connectivity index (χ0n) is 4.89. The Bertz CT molecular complexity index is 261. The van der Waals surface area contributed by atoms with Gasteiger partial charge in [-0.05, 0) is 10.9 Å². The summed E-state index contributed by atoms with van der Waals surface area (Å²) in [5, 5.41) is 22.0. The summed E-state index contributed by atoms with van der Waals surface area (Å²) in [6.07, 6.45) is 1.22. The van der Waals surface area contributed by atoms with Gasteiger partial charge in [-0.3, -0.25) is 0 Å². The van der Waals surface area contributed by atoms with Crippen molar-refractivity contribution in [1.29, 1.82) is 0 Å². The van der Waals surface area contributed by atoms with Gasteiger partial charge in [-0.25, -0.2) is 4.79 Å². The third-order valence-electron chi connectivity index (χ3n) is 0.937. The summed E-state index contributed by atoms with van der Waals surface area (Å²) in [6, 6.07) is 2.57. The smallest absolute Gasteiger partial charge is 0.405 e. The fourth-order valence-electron chi connectivity index (χ4n) is 0.512. The first kappa shape index (κ1) is 6.47. The van der Waals surface area contributed by atoms with Crippen molar-refractivity contribution < 1.29 is 14.7 Å². The SMILES string of the molecule is O=C(O)c1cccn[n+]1[O-]. The van der Waals surface area contributed by atoms with Gasteiger partial charge in [0.15, 0.2) is 0 Å². The van der Waals surface area contributed by atoms with Gasteiger partial charge in [-0.15, -0.1) is 0 Å². The number of carboxylic acids is 1. The second kappa shape index (κ2) is 2.30. The van der Waals surface area contributed by atoms with Crippen LogP contribution in [0.25, 0.3) is 0 Å². The standard InChI is InChI=1S/C5H4N2O3/c8-5(9)4-2-1-3-6-7(4)10/h1-3H,(H,8,9). The van der Waals surface area contributed by atoms with Gasteiger partial charge in [0.05, 0.1) is 6.20 Å². The molecule has 0 aromatic carbocycles. The maximum absolute atomic E-state index is 10.5. The van der Waals surface area contributed by atoms with E-state index in [1.165, 1.54) is 18.3 Å². The molecule has 0 radical (unpaired) electrons. The first-order chi connectivity index (χ1) is 4.72. The third kappa shape index (κ3) is 1.02. The highest BCUT2D eigenvalue weighted by Gasteiger charge is 2.13. The molecule has 0 atom stereocenters. The van der Waals surface area contributed by atoms with E-state index in [0.29, 0.717) is 0 Å². The molecule has 0 aliphatic carbocycles. The Hall–Kier alpha value is -1.65. The number of hydrogen-bond acceptors (Lipinski definition) is 3. The van der Waals surface area contributed by atoms with Gasteiger partial charge in [0.25, 0.3) is 0 Å². The van der Waals surface area contributed by atoms with E-state index in [-0.39, 0.29) is 10.5 Å². The van der Waals surface area contributed by atoms with E-state index in [2.05, 4.69) is 5.10 Å². The van der Waals surface area contributed by atoms with Crippen LogP contribution in [0.15, 0.2) is 18.3 Å². The molecule has 1 heterocycles. The predicted octanol–water partition coefficient (Wildman–Crippen LogP) is -0.587. The summed E-state index contributed by atoms with van der Waals surface area (Å²) >= 11 is 0. The monoisotopic (exact) mass is 140 g/mol. The molecule has 0 fully saturated rings. The molecule has 0 aliphatic rings. The first-order valence-corrected chi connectivity index (χ1v) is 2.50. The number of carbonyl (C=O) groups is 1. The minimum absolute atomic E-state index is 0.0579. The van der Waals surface area contributed by atoms with E-state index in [0.717, 1.165) is 0 Å². The molecule has 1 aromatic rings. The number of carboxylic acid groups (broad SMARTS) is 1. The van der Waals surface area contributed by atoms with Crippen molar-refractivity contribution in [2.45, 2.75) is 0 Å². The lowest BCUT2D eigenvalue weighted by molar-refractivity contribution is -0.671. The van der Waals surface area contributed by atoms with Crippen LogP contribution >= 0.6 is 0 Å². The Morgan fingerprint density at radius 3 is 2.90 bits per heavy atom. The van der Waals surface area contributed by atoms with Crippen LogP contribution < -0.4 is 4.85 Å². The largest absolute Gasteiger partial charge is 0.594 e. The minimum Gasteiger partial charge on any atom is -0.594 e. The molecule has 1 aromatic heterocycles. The molecule has 52 valence electrons. The summed E-state index contributed by atoms with van der Waals surface area (Å²) in [5.74, 6) is -1.27. The van der Waals surface area contributed by atoms with Crippen LogP contribution in [0.3, 0.4) is 0 Å². The highest BCUT2D eigenvalue weighted by atomic mass is 16.5. The Morgan fingerprint density at radius 2 is 2.50 bits per heavy atom. The topological polar surface area (TPSA) is 77.1 Å². The van der Waals surface area contributed by atoms with Crippen molar-refractivity contribution >= 4 is 5.97 Å². The van der Waals surface area contributed by atoms with Crippen LogP contribution in [0.5, 0.6) is 0 Å². The molecule has 5 nitrogen and oxygen atoms in total. The van der Waals surface area contributed by atoms with Gasteiger partial charge in [0.1, 0.15) is 0 Å². The maximum Gasteiger partial charge on any atom is 0.405 e. The van der Waals surface area contributed by atoms with E-state index in [4.69, 9.17) is 5.11 Å². The summed E-state index contributed by atoms with van der Waals surface area (Å²) in [7, 11) is 0. The summed E-state index contributed by atoms with van der Waals surface area (Å²) in [5.41, 5.74) is -0.373. The van der Waals surface area contributed by atoms with E-state index in [1.54, 1.807) is 0 Å². The number of aromatic nitrogens is 2. The maximum atomic E-state index is 10.5. The molecular formula is C5H4N2O3. The molecule has 0 amide bonds. The number of hydrogen-bond donors (Lipinski definition) is 1. The Morgan fingerprint density at radius 1 is 1.80 bits per heavy atom. The molecule has 0 saturated heterocycles. The van der Waals surface area contributed by atoms with Crippen molar-refractivity contribution in [3.63, 3.8) is 0 Å². The van der Waals surface area contributed by atoms with E-state index in [1.807, 2.05) is 0 Å². The van der Waals surface area contributed by atoms with Gasteiger partial charge >= 0.3 is 11.7 Å². The van der Waals surface area contributed by atoms with Gasteiger partial charge in [0, 0.05) is 11.2 Å². The molecule has 0 unspecified atom stereocenters. The fourth-order valence-corrected chi connectivity index (χ4v) is 0.512. The summed E-state index contributed by atoms with van der Waals surface area (Å²) in [4.78, 5) is 10.2. The fraction of sp³-hybridized carbons (Fsp3) is 0. The number of rotatable bonds is 1. The van der Waals surface area contributed by atoms with Gasteiger partial charge in [0.2, 0.25) is 0 Å². The molecule has 10 heavy (non-hydrogen) atoms. The van der Waals surface area contributed by atoms with Crippen LogP contribution in [0.1, 0.15) is 10.5 Å². The van der Waals surface area contributed by atoms with E-state index in [9.17, 15) is 10.0 Å². The average molecular weight is 140 g/mol. The van der Waals surface area contributed by atoms with E-state index < -0.39 is 5.97 Å². The van der Waals surface area contributed by atoms with Crippen molar-refractivity contribution in [1.82, 2.24) is 5.10 Å². The summed E-state index contributed by atoms with van der Waals surface area (Å²) in [6.45, 7) is 0. The van der Waals surface area contributed by atoms with Crippen molar-refractivity contribution in [2.24, 2.45) is 0 Å². The zero-order valence-corrected chi connectivity index (χ0v) is 4.89. The molecule has 5 heteroatoms. The van der Waals surface area contributed by atoms with Crippen molar-refractivity contribution in [3.8, 4) is 0 Å². The summed E-state index contributed by atoms with van der Waals surface area (Å²) < 4.78 is 0. The normalized spacial score (nSPS) is 9.20. The Labute approximate surface area is 56.1 Å². The van der Waals surface area contributed by atoms with Gasteiger partial charge in [-0.2, -0.15) is 0 Å². The van der Waals surface area contributed by atoms with Crippen LogP contribution in [0, 0.1) is 5.21 Å². The van der Waals surface area contributed by atoms with Gasteiger partial charge < -0.3 is 10.3 Å². The second-order valence-electron chi connectivity index (χ2n) is 1.59. The third-order valence-corrected chi connectivity index (χ3v) is 0.937. The Balaban J connectivity index is 3.15. The quantitative estimate of drug-likeness (QED) is 0.418. The highest BCUT2D eigenvalue weighted by molar-refractivity contribution is 5.83. The van der Waals surface area contributed by atoms with Crippen LogP contribution in [0.2, 0.25) is 0 Å². The molecule has 0 aliphatic heterocycles. The second-order valence-corrected chi connectivity index (χ2v) is 1.59. The first-order valence-electron chi connectivity index (χ1n) is 2.50.